The molecule has 2 fully saturated rings. The van der Waals surface area contributed by atoms with Gasteiger partial charge in [-0.25, -0.2) is 0 Å². The summed E-state index contributed by atoms with van der Waals surface area (Å²) in [6.07, 6.45) is 8.31. The molecule has 1 saturated carbocycles. The molecule has 0 spiro atoms. The Morgan fingerprint density at radius 2 is 2.24 bits per heavy atom. The van der Waals surface area contributed by atoms with Crippen LogP contribution in [0, 0.1) is 5.92 Å². The third kappa shape index (κ3) is 4.23. The van der Waals surface area contributed by atoms with Crippen LogP contribution in [-0.4, -0.2) is 36.6 Å². The minimum atomic E-state index is -0.133. The molecule has 1 saturated heterocycles. The fraction of sp³-hybridized carbons (Fsp3) is 1.00. The Morgan fingerprint density at radius 3 is 2.88 bits per heavy atom. The molecule has 0 aromatic rings. The molecule has 0 amide bonds. The highest BCUT2D eigenvalue weighted by molar-refractivity contribution is 4.82. The number of aliphatic hydroxyl groups is 1. The van der Waals surface area contributed by atoms with Crippen LogP contribution >= 0.6 is 0 Å². The van der Waals surface area contributed by atoms with Gasteiger partial charge in [0.25, 0.3) is 0 Å². The van der Waals surface area contributed by atoms with E-state index in [1.54, 1.807) is 0 Å². The van der Waals surface area contributed by atoms with Crippen molar-refractivity contribution in [3.05, 3.63) is 0 Å². The van der Waals surface area contributed by atoms with Crippen LogP contribution in [0.4, 0.5) is 0 Å². The van der Waals surface area contributed by atoms with Gasteiger partial charge in [0.2, 0.25) is 0 Å². The SMILES string of the molecule is CCOC1CC(CC(O)CCC2CCCO2)C1. The standard InChI is InChI=1S/C14H26O3/c1-2-16-14-9-11(10-14)8-12(15)5-6-13-4-3-7-17-13/h11-15H,2-10H2,1H3. The Kier molecular flexibility index (Phi) is 5.26. The zero-order valence-electron chi connectivity index (χ0n) is 10.9. The molecule has 0 aromatic heterocycles. The summed E-state index contributed by atoms with van der Waals surface area (Å²) in [7, 11) is 0. The smallest absolute Gasteiger partial charge is 0.0580 e. The molecular formula is C14H26O3. The average Bonchev–Trinajstić information content (AvgIpc) is 2.76. The van der Waals surface area contributed by atoms with Gasteiger partial charge in [0.05, 0.1) is 18.3 Å². The van der Waals surface area contributed by atoms with Crippen LogP contribution in [0.25, 0.3) is 0 Å². The van der Waals surface area contributed by atoms with Crippen LogP contribution in [0.2, 0.25) is 0 Å². The molecule has 3 nitrogen and oxygen atoms in total. The summed E-state index contributed by atoms with van der Waals surface area (Å²) in [5.74, 6) is 0.686. The Hall–Kier alpha value is -0.120. The van der Waals surface area contributed by atoms with Gasteiger partial charge >= 0.3 is 0 Å². The average molecular weight is 242 g/mol. The first-order valence-corrected chi connectivity index (χ1v) is 7.19. The van der Waals surface area contributed by atoms with E-state index >= 15 is 0 Å². The zero-order chi connectivity index (χ0) is 12.1. The number of aliphatic hydroxyl groups excluding tert-OH is 1. The molecule has 100 valence electrons. The van der Waals surface area contributed by atoms with E-state index in [-0.39, 0.29) is 6.10 Å². The van der Waals surface area contributed by atoms with E-state index in [4.69, 9.17) is 9.47 Å². The maximum Gasteiger partial charge on any atom is 0.0580 e. The lowest BCUT2D eigenvalue weighted by Crippen LogP contribution is -2.33. The molecule has 3 heteroatoms. The highest BCUT2D eigenvalue weighted by atomic mass is 16.5. The summed E-state index contributed by atoms with van der Waals surface area (Å²) in [6.45, 7) is 3.78. The lowest BCUT2D eigenvalue weighted by molar-refractivity contribution is -0.0395. The van der Waals surface area contributed by atoms with E-state index in [0.29, 0.717) is 18.1 Å². The number of ether oxygens (including phenoxy) is 2. The van der Waals surface area contributed by atoms with Crippen LogP contribution in [0.5, 0.6) is 0 Å². The van der Waals surface area contributed by atoms with Crippen LogP contribution in [0.1, 0.15) is 51.9 Å². The topological polar surface area (TPSA) is 38.7 Å². The zero-order valence-corrected chi connectivity index (χ0v) is 10.9. The van der Waals surface area contributed by atoms with E-state index in [0.717, 1.165) is 45.3 Å². The normalized spacial score (nSPS) is 34.6. The minimum Gasteiger partial charge on any atom is -0.393 e. The lowest BCUT2D eigenvalue weighted by Gasteiger charge is -2.36. The minimum absolute atomic E-state index is 0.133. The summed E-state index contributed by atoms with van der Waals surface area (Å²) in [5, 5.41) is 9.96. The van der Waals surface area contributed by atoms with Crippen molar-refractivity contribution >= 4 is 0 Å². The molecule has 1 heterocycles. The van der Waals surface area contributed by atoms with Crippen molar-refractivity contribution in [2.75, 3.05) is 13.2 Å². The molecule has 2 rings (SSSR count). The van der Waals surface area contributed by atoms with E-state index in [9.17, 15) is 5.11 Å². The Morgan fingerprint density at radius 1 is 1.41 bits per heavy atom. The molecule has 17 heavy (non-hydrogen) atoms. The summed E-state index contributed by atoms with van der Waals surface area (Å²) >= 11 is 0. The van der Waals surface area contributed by atoms with Gasteiger partial charge in [0.1, 0.15) is 0 Å². The first kappa shape index (κ1) is 13.3. The van der Waals surface area contributed by atoms with Crippen molar-refractivity contribution in [3.63, 3.8) is 0 Å². The van der Waals surface area contributed by atoms with Gasteiger partial charge < -0.3 is 14.6 Å². The molecule has 1 N–H and O–H groups in total. The maximum absolute atomic E-state index is 9.96. The summed E-state index contributed by atoms with van der Waals surface area (Å²) in [5.41, 5.74) is 0. The molecule has 1 aliphatic heterocycles. The van der Waals surface area contributed by atoms with Gasteiger partial charge in [0, 0.05) is 13.2 Å². The summed E-state index contributed by atoms with van der Waals surface area (Å²) in [6, 6.07) is 0. The molecule has 2 atom stereocenters. The van der Waals surface area contributed by atoms with Crippen molar-refractivity contribution in [1.29, 1.82) is 0 Å². The first-order chi connectivity index (χ1) is 8.28. The fourth-order valence-electron chi connectivity index (χ4n) is 2.99. The number of hydrogen-bond acceptors (Lipinski definition) is 3. The molecule has 0 bridgehead atoms. The van der Waals surface area contributed by atoms with E-state index in [1.165, 1.54) is 12.8 Å². The molecule has 0 radical (unpaired) electrons. The van der Waals surface area contributed by atoms with Gasteiger partial charge in [-0.2, -0.15) is 0 Å². The highest BCUT2D eigenvalue weighted by Crippen LogP contribution is 2.34. The predicted octanol–water partition coefficient (Wildman–Crippen LogP) is 2.51. The quantitative estimate of drug-likeness (QED) is 0.745. The fourth-order valence-corrected chi connectivity index (χ4v) is 2.99. The van der Waals surface area contributed by atoms with Crippen molar-refractivity contribution < 1.29 is 14.6 Å². The molecule has 2 unspecified atom stereocenters. The lowest BCUT2D eigenvalue weighted by atomic mass is 9.78. The predicted molar refractivity (Wildman–Crippen MR) is 67.0 cm³/mol. The third-order valence-corrected chi connectivity index (χ3v) is 4.05. The summed E-state index contributed by atoms with van der Waals surface area (Å²) < 4.78 is 11.1. The van der Waals surface area contributed by atoms with Crippen molar-refractivity contribution in [2.24, 2.45) is 5.92 Å². The van der Waals surface area contributed by atoms with E-state index in [2.05, 4.69) is 0 Å². The van der Waals surface area contributed by atoms with Gasteiger partial charge in [0.15, 0.2) is 0 Å². The van der Waals surface area contributed by atoms with Gasteiger partial charge in [-0.3, -0.25) is 0 Å². The van der Waals surface area contributed by atoms with Crippen LogP contribution in [-0.2, 0) is 9.47 Å². The molecule has 1 aliphatic carbocycles. The van der Waals surface area contributed by atoms with Gasteiger partial charge in [-0.15, -0.1) is 0 Å². The van der Waals surface area contributed by atoms with Gasteiger partial charge in [-0.1, -0.05) is 0 Å². The van der Waals surface area contributed by atoms with Crippen LogP contribution in [0.3, 0.4) is 0 Å². The Balaban J connectivity index is 1.51. The van der Waals surface area contributed by atoms with Crippen LogP contribution in [0.15, 0.2) is 0 Å². The molecule has 2 aliphatic rings. The second kappa shape index (κ2) is 6.72. The summed E-state index contributed by atoms with van der Waals surface area (Å²) in [4.78, 5) is 0. The second-order valence-electron chi connectivity index (χ2n) is 5.52. The number of hydrogen-bond donors (Lipinski definition) is 1. The maximum atomic E-state index is 9.96. The highest BCUT2D eigenvalue weighted by Gasteiger charge is 2.31. The Labute approximate surface area is 104 Å². The third-order valence-electron chi connectivity index (χ3n) is 4.05. The van der Waals surface area contributed by atoms with Crippen molar-refractivity contribution in [2.45, 2.75) is 70.2 Å². The van der Waals surface area contributed by atoms with Crippen LogP contribution < -0.4 is 0 Å². The van der Waals surface area contributed by atoms with E-state index < -0.39 is 0 Å². The molecular weight excluding hydrogens is 216 g/mol. The van der Waals surface area contributed by atoms with Crippen molar-refractivity contribution in [1.82, 2.24) is 0 Å². The monoisotopic (exact) mass is 242 g/mol. The second-order valence-corrected chi connectivity index (χ2v) is 5.52. The largest absolute Gasteiger partial charge is 0.393 e. The first-order valence-electron chi connectivity index (χ1n) is 7.19. The van der Waals surface area contributed by atoms with Crippen molar-refractivity contribution in [3.8, 4) is 0 Å². The van der Waals surface area contributed by atoms with E-state index in [1.807, 2.05) is 6.92 Å². The molecule has 0 aromatic carbocycles. The Bertz CT molecular complexity index is 208. The van der Waals surface area contributed by atoms with Gasteiger partial charge in [-0.05, 0) is 57.8 Å². The number of rotatable bonds is 7.